The smallest absolute Gasteiger partial charge is 0.0634 e. The molecule has 0 aliphatic heterocycles. The summed E-state index contributed by atoms with van der Waals surface area (Å²) in [6.07, 6.45) is 7.87. The van der Waals surface area contributed by atoms with E-state index in [0.29, 0.717) is 12.0 Å². The first-order chi connectivity index (χ1) is 7.96. The highest BCUT2D eigenvalue weighted by Gasteiger charge is 2.58. The number of hydrogen-bond donors (Lipinski definition) is 2. The van der Waals surface area contributed by atoms with Crippen LogP contribution in [0.2, 0.25) is 0 Å². The monoisotopic (exact) mass is 237 g/mol. The maximum atomic E-state index is 10.7. The molecule has 4 aliphatic carbocycles. The van der Waals surface area contributed by atoms with E-state index in [1.165, 1.54) is 38.5 Å². The van der Waals surface area contributed by atoms with Crippen molar-refractivity contribution in [3.8, 4) is 0 Å². The van der Waals surface area contributed by atoms with Crippen molar-refractivity contribution in [1.82, 2.24) is 0 Å². The van der Waals surface area contributed by atoms with Crippen LogP contribution in [0, 0.1) is 28.6 Å². The van der Waals surface area contributed by atoms with Gasteiger partial charge in [0.05, 0.1) is 6.10 Å². The SMILES string of the molecule is CC(CN)C(O)C12CC3CC(CC(C)(C3)C1)C2. The second-order valence-electron chi connectivity index (χ2n) is 7.79. The first-order valence-corrected chi connectivity index (χ1v) is 7.34. The van der Waals surface area contributed by atoms with Gasteiger partial charge in [0.2, 0.25) is 0 Å². The lowest BCUT2D eigenvalue weighted by Crippen LogP contribution is -2.57. The van der Waals surface area contributed by atoms with E-state index in [2.05, 4.69) is 13.8 Å². The molecule has 0 spiro atoms. The van der Waals surface area contributed by atoms with Gasteiger partial charge in [0, 0.05) is 0 Å². The van der Waals surface area contributed by atoms with Crippen molar-refractivity contribution >= 4 is 0 Å². The zero-order valence-corrected chi connectivity index (χ0v) is 11.3. The van der Waals surface area contributed by atoms with Crippen molar-refractivity contribution in [1.29, 1.82) is 0 Å². The Kier molecular flexibility index (Phi) is 2.61. The van der Waals surface area contributed by atoms with Crippen LogP contribution in [0.4, 0.5) is 0 Å². The molecule has 3 N–H and O–H groups in total. The molecule has 0 saturated heterocycles. The topological polar surface area (TPSA) is 46.2 Å². The van der Waals surface area contributed by atoms with Gasteiger partial charge < -0.3 is 10.8 Å². The summed E-state index contributed by atoms with van der Waals surface area (Å²) < 4.78 is 0. The summed E-state index contributed by atoms with van der Waals surface area (Å²) in [5, 5.41) is 10.7. The molecule has 17 heavy (non-hydrogen) atoms. The van der Waals surface area contributed by atoms with E-state index in [4.69, 9.17) is 5.73 Å². The van der Waals surface area contributed by atoms with Crippen molar-refractivity contribution in [3.63, 3.8) is 0 Å². The fourth-order valence-electron chi connectivity index (χ4n) is 5.88. The number of rotatable bonds is 3. The quantitative estimate of drug-likeness (QED) is 0.792. The molecule has 4 rings (SSSR count). The van der Waals surface area contributed by atoms with Gasteiger partial charge in [-0.05, 0) is 73.7 Å². The molecule has 2 nitrogen and oxygen atoms in total. The molecule has 98 valence electrons. The van der Waals surface area contributed by atoms with E-state index in [1.54, 1.807) is 0 Å². The molecule has 0 aromatic rings. The van der Waals surface area contributed by atoms with Crippen LogP contribution in [0.1, 0.15) is 52.4 Å². The molecule has 4 aliphatic rings. The lowest BCUT2D eigenvalue weighted by atomic mass is 9.43. The van der Waals surface area contributed by atoms with Gasteiger partial charge in [-0.15, -0.1) is 0 Å². The second kappa shape index (κ2) is 3.71. The van der Waals surface area contributed by atoms with Gasteiger partial charge >= 0.3 is 0 Å². The Labute approximate surface area is 105 Å². The van der Waals surface area contributed by atoms with Crippen molar-refractivity contribution in [3.05, 3.63) is 0 Å². The predicted octanol–water partition coefficient (Wildman–Crippen LogP) is 2.55. The van der Waals surface area contributed by atoms with Crippen LogP contribution in [-0.2, 0) is 0 Å². The maximum absolute atomic E-state index is 10.7. The number of aliphatic hydroxyl groups is 1. The van der Waals surface area contributed by atoms with Gasteiger partial charge in [-0.25, -0.2) is 0 Å². The third-order valence-corrected chi connectivity index (χ3v) is 5.94. The maximum Gasteiger partial charge on any atom is 0.0634 e. The lowest BCUT2D eigenvalue weighted by molar-refractivity contribution is -0.164. The Morgan fingerprint density at radius 2 is 1.82 bits per heavy atom. The van der Waals surface area contributed by atoms with Crippen LogP contribution in [-0.4, -0.2) is 17.8 Å². The molecule has 4 saturated carbocycles. The molecular formula is C15H27NO. The summed E-state index contributed by atoms with van der Waals surface area (Å²) in [6, 6.07) is 0. The molecule has 0 aromatic carbocycles. The highest BCUT2D eigenvalue weighted by Crippen LogP contribution is 2.66. The fraction of sp³-hybridized carbons (Fsp3) is 1.00. The molecule has 4 unspecified atom stereocenters. The lowest BCUT2D eigenvalue weighted by Gasteiger charge is -2.63. The van der Waals surface area contributed by atoms with Crippen molar-refractivity contribution in [2.45, 2.75) is 58.5 Å². The summed E-state index contributed by atoms with van der Waals surface area (Å²) in [7, 11) is 0. The highest BCUT2D eigenvalue weighted by molar-refractivity contribution is 5.09. The third kappa shape index (κ3) is 1.76. The van der Waals surface area contributed by atoms with E-state index < -0.39 is 0 Å². The number of hydrogen-bond acceptors (Lipinski definition) is 2. The number of aliphatic hydroxyl groups excluding tert-OH is 1. The minimum atomic E-state index is -0.169. The summed E-state index contributed by atoms with van der Waals surface area (Å²) in [5.74, 6) is 2.04. The Bertz CT molecular complexity index is 300. The van der Waals surface area contributed by atoms with Crippen LogP contribution >= 0.6 is 0 Å². The van der Waals surface area contributed by atoms with Crippen LogP contribution in [0.25, 0.3) is 0 Å². The van der Waals surface area contributed by atoms with Gasteiger partial charge in [0.1, 0.15) is 0 Å². The zero-order chi connectivity index (χ0) is 12.3. The molecule has 4 fully saturated rings. The van der Waals surface area contributed by atoms with E-state index in [1.807, 2.05) is 0 Å². The normalized spacial score (nSPS) is 51.5. The minimum Gasteiger partial charge on any atom is -0.392 e. The van der Waals surface area contributed by atoms with Crippen LogP contribution in [0.5, 0.6) is 0 Å². The Morgan fingerprint density at radius 3 is 2.29 bits per heavy atom. The van der Waals surface area contributed by atoms with E-state index in [-0.39, 0.29) is 17.4 Å². The molecule has 0 radical (unpaired) electrons. The summed E-state index contributed by atoms with van der Waals surface area (Å²) >= 11 is 0. The van der Waals surface area contributed by atoms with Crippen molar-refractivity contribution in [2.75, 3.05) is 6.54 Å². The first-order valence-electron chi connectivity index (χ1n) is 7.34. The van der Waals surface area contributed by atoms with Crippen molar-refractivity contribution < 1.29 is 5.11 Å². The van der Waals surface area contributed by atoms with Crippen LogP contribution in [0.15, 0.2) is 0 Å². The zero-order valence-electron chi connectivity index (χ0n) is 11.3. The number of nitrogens with two attached hydrogens (primary N) is 1. The van der Waals surface area contributed by atoms with E-state index in [9.17, 15) is 5.11 Å². The Hall–Kier alpha value is -0.0800. The second-order valence-corrected chi connectivity index (χ2v) is 7.79. The molecule has 4 atom stereocenters. The van der Waals surface area contributed by atoms with Gasteiger partial charge in [-0.3, -0.25) is 0 Å². The molecular weight excluding hydrogens is 210 g/mol. The highest BCUT2D eigenvalue weighted by atomic mass is 16.3. The average molecular weight is 237 g/mol. The summed E-state index contributed by atoms with van der Waals surface area (Å²) in [5.41, 5.74) is 6.51. The van der Waals surface area contributed by atoms with E-state index >= 15 is 0 Å². The van der Waals surface area contributed by atoms with Gasteiger partial charge in [-0.2, -0.15) is 0 Å². The molecule has 0 heterocycles. The molecule has 0 amide bonds. The first kappa shape index (κ1) is 12.0. The predicted molar refractivity (Wildman–Crippen MR) is 69.4 cm³/mol. The third-order valence-electron chi connectivity index (χ3n) is 5.94. The Morgan fingerprint density at radius 1 is 1.24 bits per heavy atom. The molecule has 0 aromatic heterocycles. The molecule has 2 heteroatoms. The average Bonchev–Trinajstić information content (AvgIpc) is 2.23. The summed E-state index contributed by atoms with van der Waals surface area (Å²) in [6.45, 7) is 5.19. The van der Waals surface area contributed by atoms with Gasteiger partial charge in [-0.1, -0.05) is 13.8 Å². The van der Waals surface area contributed by atoms with Crippen molar-refractivity contribution in [2.24, 2.45) is 34.3 Å². The Balaban J connectivity index is 1.88. The largest absolute Gasteiger partial charge is 0.392 e. The van der Waals surface area contributed by atoms with Crippen LogP contribution < -0.4 is 5.73 Å². The van der Waals surface area contributed by atoms with Gasteiger partial charge in [0.25, 0.3) is 0 Å². The standard InChI is InChI=1S/C15H27NO/c1-10(8-16)13(17)15-6-11-3-12(7-15)5-14(2,4-11)9-15/h10-13,17H,3-9,16H2,1-2H3. The van der Waals surface area contributed by atoms with Crippen LogP contribution in [0.3, 0.4) is 0 Å². The fourth-order valence-corrected chi connectivity index (χ4v) is 5.88. The van der Waals surface area contributed by atoms with Gasteiger partial charge in [0.15, 0.2) is 0 Å². The van der Waals surface area contributed by atoms with E-state index in [0.717, 1.165) is 11.8 Å². The summed E-state index contributed by atoms with van der Waals surface area (Å²) in [4.78, 5) is 0. The minimum absolute atomic E-state index is 0.169. The molecule has 4 bridgehead atoms.